The summed E-state index contributed by atoms with van der Waals surface area (Å²) in [5.74, 6) is 3.12. The summed E-state index contributed by atoms with van der Waals surface area (Å²) in [5, 5.41) is 6.22. The maximum absolute atomic E-state index is 12.4. The lowest BCUT2D eigenvalue weighted by Crippen LogP contribution is -2.42. The Hall–Kier alpha value is -2.87. The quantitative estimate of drug-likeness (QED) is 0.715. The van der Waals surface area contributed by atoms with Crippen molar-refractivity contribution in [3.63, 3.8) is 0 Å². The molecule has 2 aliphatic rings. The summed E-state index contributed by atoms with van der Waals surface area (Å²) in [7, 11) is 0. The first-order valence-corrected chi connectivity index (χ1v) is 10.1. The molecule has 0 aliphatic carbocycles. The number of rotatable bonds is 6. The molecule has 0 spiro atoms. The number of aromatic nitrogens is 2. The zero-order valence-corrected chi connectivity index (χ0v) is 16.7. The number of benzene rings is 1. The minimum absolute atomic E-state index is 0.0748. The van der Waals surface area contributed by atoms with Crippen LogP contribution in [0.15, 0.2) is 30.3 Å². The lowest BCUT2D eigenvalue weighted by molar-refractivity contribution is -0.128. The van der Waals surface area contributed by atoms with E-state index < -0.39 is 6.10 Å². The molecular weight excluding hydrogens is 370 g/mol. The molecule has 1 atom stereocenters. The predicted octanol–water partition coefficient (Wildman–Crippen LogP) is 1.54. The zero-order chi connectivity index (χ0) is 20.1. The van der Waals surface area contributed by atoms with E-state index >= 15 is 0 Å². The van der Waals surface area contributed by atoms with E-state index in [1.165, 1.54) is 0 Å². The Bertz CT molecular complexity index is 854. The van der Waals surface area contributed by atoms with Crippen LogP contribution in [-0.2, 0) is 16.0 Å². The number of nitrogens with zero attached hydrogens (tertiary/aromatic N) is 3. The minimum atomic E-state index is -0.431. The molecule has 1 fully saturated rings. The van der Waals surface area contributed by atoms with Crippen molar-refractivity contribution in [2.24, 2.45) is 0 Å². The fraction of sp³-hybridized carbons (Fsp3) is 0.476. The third-order valence-corrected chi connectivity index (χ3v) is 5.10. The SMILES string of the molecule is Cc1nc(NCCNC(=O)C2CCc3ccccc3O2)cc(N2CCOCC2)n1. The van der Waals surface area contributed by atoms with Crippen LogP contribution in [0, 0.1) is 6.92 Å². The number of carbonyl (C=O) groups excluding carboxylic acids is 1. The number of hydrogen-bond donors (Lipinski definition) is 2. The predicted molar refractivity (Wildman–Crippen MR) is 110 cm³/mol. The standard InChI is InChI=1S/C21H27N5O3/c1-15-24-19(14-20(25-15)26-10-12-28-13-11-26)22-8-9-23-21(27)18-7-6-16-4-2-3-5-17(16)29-18/h2-5,14,18H,6-13H2,1H3,(H,23,27)(H,22,24,25). The first-order chi connectivity index (χ1) is 14.2. The Morgan fingerprint density at radius 3 is 2.90 bits per heavy atom. The lowest BCUT2D eigenvalue weighted by Gasteiger charge is -2.28. The highest BCUT2D eigenvalue weighted by Crippen LogP contribution is 2.27. The van der Waals surface area contributed by atoms with Gasteiger partial charge in [-0.1, -0.05) is 18.2 Å². The minimum Gasteiger partial charge on any atom is -0.480 e. The number of carbonyl (C=O) groups is 1. The van der Waals surface area contributed by atoms with E-state index in [0.717, 1.165) is 48.3 Å². The Labute approximate surface area is 170 Å². The van der Waals surface area contributed by atoms with Crippen LogP contribution in [0.1, 0.15) is 17.8 Å². The van der Waals surface area contributed by atoms with Gasteiger partial charge in [0.2, 0.25) is 0 Å². The second kappa shape index (κ2) is 9.09. The van der Waals surface area contributed by atoms with Crippen molar-refractivity contribution in [3.05, 3.63) is 41.7 Å². The molecule has 2 aliphatic heterocycles. The molecule has 0 saturated carbocycles. The van der Waals surface area contributed by atoms with Gasteiger partial charge in [-0.25, -0.2) is 9.97 Å². The van der Waals surface area contributed by atoms with E-state index in [2.05, 4.69) is 25.5 Å². The summed E-state index contributed by atoms with van der Waals surface area (Å²) in [5.41, 5.74) is 1.16. The molecule has 0 bridgehead atoms. The van der Waals surface area contributed by atoms with Gasteiger partial charge in [-0.2, -0.15) is 0 Å². The molecule has 2 aromatic rings. The van der Waals surface area contributed by atoms with Crippen molar-refractivity contribution in [2.45, 2.75) is 25.9 Å². The topological polar surface area (TPSA) is 88.6 Å². The molecule has 4 rings (SSSR count). The van der Waals surface area contributed by atoms with Crippen molar-refractivity contribution >= 4 is 17.5 Å². The Kier molecular flexibility index (Phi) is 6.09. The number of fused-ring (bicyclic) bond motifs is 1. The third-order valence-electron chi connectivity index (χ3n) is 5.10. The van der Waals surface area contributed by atoms with Gasteiger partial charge in [-0.05, 0) is 31.4 Å². The summed E-state index contributed by atoms with van der Waals surface area (Å²) in [6.07, 6.45) is 1.13. The van der Waals surface area contributed by atoms with Gasteiger partial charge in [0.1, 0.15) is 23.2 Å². The third kappa shape index (κ3) is 4.95. The molecule has 1 aromatic carbocycles. The summed E-state index contributed by atoms with van der Waals surface area (Å²) >= 11 is 0. The molecule has 1 aromatic heterocycles. The number of amides is 1. The Morgan fingerprint density at radius 2 is 2.03 bits per heavy atom. The van der Waals surface area contributed by atoms with Gasteiger partial charge in [0.15, 0.2) is 6.10 Å². The molecule has 1 amide bonds. The molecule has 154 valence electrons. The number of para-hydroxylation sites is 1. The Morgan fingerprint density at radius 1 is 1.21 bits per heavy atom. The van der Waals surface area contributed by atoms with Crippen molar-refractivity contribution in [2.75, 3.05) is 49.6 Å². The van der Waals surface area contributed by atoms with Crippen LogP contribution < -0.4 is 20.3 Å². The summed E-state index contributed by atoms with van der Waals surface area (Å²) in [4.78, 5) is 23.6. The normalized spacial score (nSPS) is 18.5. The summed E-state index contributed by atoms with van der Waals surface area (Å²) in [6, 6.07) is 9.83. The largest absolute Gasteiger partial charge is 0.480 e. The average molecular weight is 397 g/mol. The number of anilines is 2. The molecule has 3 heterocycles. The molecule has 29 heavy (non-hydrogen) atoms. The molecule has 2 N–H and O–H groups in total. The Balaban J connectivity index is 1.25. The van der Waals surface area contributed by atoms with Crippen LogP contribution in [0.2, 0.25) is 0 Å². The fourth-order valence-electron chi connectivity index (χ4n) is 3.60. The first kappa shape index (κ1) is 19.4. The van der Waals surface area contributed by atoms with Gasteiger partial charge in [-0.15, -0.1) is 0 Å². The number of ether oxygens (including phenoxy) is 2. The monoisotopic (exact) mass is 397 g/mol. The maximum Gasteiger partial charge on any atom is 0.261 e. The van der Waals surface area contributed by atoms with Gasteiger partial charge in [-0.3, -0.25) is 4.79 Å². The van der Waals surface area contributed by atoms with E-state index in [1.807, 2.05) is 37.3 Å². The van der Waals surface area contributed by atoms with Crippen LogP contribution in [0.4, 0.5) is 11.6 Å². The van der Waals surface area contributed by atoms with E-state index in [4.69, 9.17) is 9.47 Å². The lowest BCUT2D eigenvalue weighted by atomic mass is 10.0. The van der Waals surface area contributed by atoms with Crippen LogP contribution in [0.3, 0.4) is 0 Å². The van der Waals surface area contributed by atoms with Gasteiger partial charge < -0.3 is 25.0 Å². The van der Waals surface area contributed by atoms with Gasteiger partial charge in [0.25, 0.3) is 5.91 Å². The highest BCUT2D eigenvalue weighted by atomic mass is 16.5. The van der Waals surface area contributed by atoms with Crippen LogP contribution in [0.5, 0.6) is 5.75 Å². The maximum atomic E-state index is 12.4. The van der Waals surface area contributed by atoms with Gasteiger partial charge in [0.05, 0.1) is 13.2 Å². The molecule has 0 radical (unpaired) electrons. The van der Waals surface area contributed by atoms with Crippen molar-refractivity contribution in [1.29, 1.82) is 0 Å². The van der Waals surface area contributed by atoms with Gasteiger partial charge in [0, 0.05) is 32.2 Å². The van der Waals surface area contributed by atoms with Crippen LogP contribution >= 0.6 is 0 Å². The van der Waals surface area contributed by atoms with E-state index in [9.17, 15) is 4.79 Å². The summed E-state index contributed by atoms with van der Waals surface area (Å²) in [6.45, 7) is 6.05. The second-order valence-corrected chi connectivity index (χ2v) is 7.23. The zero-order valence-electron chi connectivity index (χ0n) is 16.7. The summed E-state index contributed by atoms with van der Waals surface area (Å²) < 4.78 is 11.2. The fourth-order valence-corrected chi connectivity index (χ4v) is 3.60. The van der Waals surface area contributed by atoms with Gasteiger partial charge >= 0.3 is 0 Å². The van der Waals surface area contributed by atoms with E-state index in [0.29, 0.717) is 32.7 Å². The van der Waals surface area contributed by atoms with Crippen molar-refractivity contribution in [1.82, 2.24) is 15.3 Å². The van der Waals surface area contributed by atoms with Crippen molar-refractivity contribution in [3.8, 4) is 5.75 Å². The number of morpholine rings is 1. The molecular formula is C21H27N5O3. The van der Waals surface area contributed by atoms with Crippen LogP contribution in [0.25, 0.3) is 0 Å². The second-order valence-electron chi connectivity index (χ2n) is 7.23. The average Bonchev–Trinajstić information content (AvgIpc) is 2.76. The molecule has 1 unspecified atom stereocenters. The molecule has 8 heteroatoms. The highest BCUT2D eigenvalue weighted by Gasteiger charge is 2.25. The highest BCUT2D eigenvalue weighted by molar-refractivity contribution is 5.81. The van der Waals surface area contributed by atoms with Crippen LogP contribution in [-0.4, -0.2) is 61.4 Å². The first-order valence-electron chi connectivity index (χ1n) is 10.1. The van der Waals surface area contributed by atoms with E-state index in [1.54, 1.807) is 0 Å². The number of hydrogen-bond acceptors (Lipinski definition) is 7. The molecule has 1 saturated heterocycles. The smallest absolute Gasteiger partial charge is 0.261 e. The molecule has 8 nitrogen and oxygen atoms in total. The number of nitrogens with one attached hydrogen (secondary N) is 2. The number of aryl methyl sites for hydroxylation is 2. The van der Waals surface area contributed by atoms with Crippen molar-refractivity contribution < 1.29 is 14.3 Å². The van der Waals surface area contributed by atoms with E-state index in [-0.39, 0.29) is 5.91 Å².